The van der Waals surface area contributed by atoms with E-state index in [1.807, 2.05) is 51.2 Å². The van der Waals surface area contributed by atoms with Gasteiger partial charge in [0.1, 0.15) is 11.3 Å². The van der Waals surface area contributed by atoms with Crippen LogP contribution < -0.4 is 10.6 Å². The van der Waals surface area contributed by atoms with E-state index < -0.39 is 11.7 Å². The van der Waals surface area contributed by atoms with Crippen molar-refractivity contribution < 1.29 is 9.53 Å². The van der Waals surface area contributed by atoms with E-state index in [0.29, 0.717) is 18.1 Å². The molecule has 2 rings (SSSR count). The van der Waals surface area contributed by atoms with Gasteiger partial charge in [-0.15, -0.1) is 0 Å². The van der Waals surface area contributed by atoms with Gasteiger partial charge >= 0.3 is 6.09 Å². The van der Waals surface area contributed by atoms with Crippen LogP contribution in [0.1, 0.15) is 20.8 Å². The molecule has 0 atom stereocenters. The zero-order valence-corrected chi connectivity index (χ0v) is 14.2. The maximum absolute atomic E-state index is 11.6. The zero-order valence-electron chi connectivity index (χ0n) is 13.5. The number of hydrogen-bond donors (Lipinski definition) is 2. The summed E-state index contributed by atoms with van der Waals surface area (Å²) in [5.41, 5.74) is 1.11. The number of amides is 1. The predicted molar refractivity (Wildman–Crippen MR) is 91.3 cm³/mol. The van der Waals surface area contributed by atoms with Gasteiger partial charge in [0.2, 0.25) is 0 Å². The minimum absolute atomic E-state index is 0.431. The summed E-state index contributed by atoms with van der Waals surface area (Å²) in [4.78, 5) is 11.6. The lowest BCUT2D eigenvalue weighted by Gasteiger charge is -2.20. The van der Waals surface area contributed by atoms with Gasteiger partial charge in [-0.2, -0.15) is 5.10 Å². The van der Waals surface area contributed by atoms with Gasteiger partial charge in [-0.05, 0) is 39.0 Å². The van der Waals surface area contributed by atoms with Gasteiger partial charge in [-0.25, -0.2) is 9.48 Å². The van der Waals surface area contributed by atoms with Crippen molar-refractivity contribution in [3.05, 3.63) is 41.7 Å². The Kier molecular flexibility index (Phi) is 5.50. The number of nitrogens with one attached hydrogen (secondary N) is 2. The maximum Gasteiger partial charge on any atom is 0.407 e. The van der Waals surface area contributed by atoms with Gasteiger partial charge < -0.3 is 15.4 Å². The summed E-state index contributed by atoms with van der Waals surface area (Å²) in [6, 6.07) is 7.41. The first-order valence-electron chi connectivity index (χ1n) is 7.36. The molecule has 0 saturated carbocycles. The van der Waals surface area contributed by atoms with E-state index in [9.17, 15) is 4.79 Å². The molecule has 6 nitrogen and oxygen atoms in total. The van der Waals surface area contributed by atoms with Crippen molar-refractivity contribution in [3.63, 3.8) is 0 Å². The second kappa shape index (κ2) is 7.37. The molecule has 1 aromatic carbocycles. The van der Waals surface area contributed by atoms with Gasteiger partial charge in [0.25, 0.3) is 0 Å². The van der Waals surface area contributed by atoms with E-state index in [0.717, 1.165) is 11.4 Å². The molecular formula is C16H21ClN4O2. The third-order valence-corrected chi connectivity index (χ3v) is 3.13. The molecular weight excluding hydrogens is 316 g/mol. The van der Waals surface area contributed by atoms with Crippen molar-refractivity contribution in [1.29, 1.82) is 0 Å². The molecule has 0 aliphatic heterocycles. The lowest BCUT2D eigenvalue weighted by molar-refractivity contribution is 0.0530. The second-order valence-electron chi connectivity index (χ2n) is 5.94. The zero-order chi connectivity index (χ0) is 16.9. The van der Waals surface area contributed by atoms with Gasteiger partial charge in [0, 0.05) is 25.5 Å². The summed E-state index contributed by atoms with van der Waals surface area (Å²) < 4.78 is 6.88. The van der Waals surface area contributed by atoms with Crippen LogP contribution in [-0.4, -0.2) is 34.6 Å². The summed E-state index contributed by atoms with van der Waals surface area (Å²) in [5.74, 6) is 0. The number of carbonyl (C=O) groups is 1. The van der Waals surface area contributed by atoms with E-state index in [1.54, 1.807) is 10.9 Å². The average Bonchev–Trinajstić information content (AvgIpc) is 2.95. The normalized spacial score (nSPS) is 11.1. The van der Waals surface area contributed by atoms with Crippen molar-refractivity contribution >= 4 is 23.4 Å². The molecule has 2 N–H and O–H groups in total. The van der Waals surface area contributed by atoms with Crippen molar-refractivity contribution in [2.45, 2.75) is 26.4 Å². The van der Waals surface area contributed by atoms with Gasteiger partial charge in [-0.1, -0.05) is 17.7 Å². The molecule has 0 spiro atoms. The average molecular weight is 337 g/mol. The summed E-state index contributed by atoms with van der Waals surface area (Å²) in [5, 5.41) is 10.7. The fourth-order valence-corrected chi connectivity index (χ4v) is 2.23. The molecule has 0 unspecified atom stereocenters. The van der Waals surface area contributed by atoms with Crippen LogP contribution in [0, 0.1) is 0 Å². The smallest absolute Gasteiger partial charge is 0.407 e. The SMILES string of the molecule is CC(C)(C)OC(=O)NCCNc1cccc(Cl)c1-n1cccn1. The number of anilines is 1. The van der Waals surface area contributed by atoms with Crippen LogP contribution in [0.3, 0.4) is 0 Å². The first-order valence-corrected chi connectivity index (χ1v) is 7.74. The Morgan fingerprint density at radius 2 is 2.09 bits per heavy atom. The maximum atomic E-state index is 11.6. The van der Waals surface area contributed by atoms with Crippen LogP contribution in [0.25, 0.3) is 5.69 Å². The van der Waals surface area contributed by atoms with Crippen molar-refractivity contribution in [2.75, 3.05) is 18.4 Å². The fraction of sp³-hybridized carbons (Fsp3) is 0.375. The molecule has 1 aromatic heterocycles. The highest BCUT2D eigenvalue weighted by molar-refractivity contribution is 6.33. The van der Waals surface area contributed by atoms with E-state index in [2.05, 4.69) is 15.7 Å². The molecule has 1 heterocycles. The predicted octanol–water partition coefficient (Wildman–Crippen LogP) is 3.46. The molecule has 7 heteroatoms. The molecule has 0 radical (unpaired) electrons. The summed E-state index contributed by atoms with van der Waals surface area (Å²) >= 11 is 6.27. The number of aromatic nitrogens is 2. The monoisotopic (exact) mass is 336 g/mol. The van der Waals surface area contributed by atoms with Crippen LogP contribution in [0.15, 0.2) is 36.7 Å². The molecule has 0 aliphatic carbocycles. The number of halogens is 1. The Bertz CT molecular complexity index is 651. The summed E-state index contributed by atoms with van der Waals surface area (Å²) in [6.07, 6.45) is 3.08. The molecule has 0 saturated heterocycles. The van der Waals surface area contributed by atoms with Gasteiger partial charge in [0.15, 0.2) is 0 Å². The lowest BCUT2D eigenvalue weighted by atomic mass is 10.2. The minimum Gasteiger partial charge on any atom is -0.444 e. The van der Waals surface area contributed by atoms with Crippen LogP contribution in [0.2, 0.25) is 5.02 Å². The molecule has 0 fully saturated rings. The molecule has 0 bridgehead atoms. The Morgan fingerprint density at radius 3 is 2.74 bits per heavy atom. The second-order valence-corrected chi connectivity index (χ2v) is 6.35. The number of hydrogen-bond acceptors (Lipinski definition) is 4. The number of benzene rings is 1. The number of alkyl carbamates (subject to hydrolysis) is 1. The molecule has 124 valence electrons. The highest BCUT2D eigenvalue weighted by atomic mass is 35.5. The highest BCUT2D eigenvalue weighted by Gasteiger charge is 2.15. The third-order valence-electron chi connectivity index (χ3n) is 2.83. The molecule has 23 heavy (non-hydrogen) atoms. The largest absolute Gasteiger partial charge is 0.444 e. The van der Waals surface area contributed by atoms with Crippen LogP contribution in [-0.2, 0) is 4.74 Å². The van der Waals surface area contributed by atoms with Crippen LogP contribution >= 0.6 is 11.6 Å². The topological polar surface area (TPSA) is 68.2 Å². The van der Waals surface area contributed by atoms with E-state index in [4.69, 9.17) is 16.3 Å². The van der Waals surface area contributed by atoms with Crippen LogP contribution in [0.4, 0.5) is 10.5 Å². The minimum atomic E-state index is -0.502. The standard InChI is InChI=1S/C16H21ClN4O2/c1-16(2,3)23-15(22)19-10-9-18-13-7-4-6-12(17)14(13)21-11-5-8-20-21/h4-8,11,18H,9-10H2,1-3H3,(H,19,22). The summed E-state index contributed by atoms with van der Waals surface area (Å²) in [6.45, 7) is 6.45. The number of carbonyl (C=O) groups excluding carboxylic acids is 1. The molecule has 0 aliphatic rings. The van der Waals surface area contributed by atoms with Crippen molar-refractivity contribution in [1.82, 2.24) is 15.1 Å². The number of para-hydroxylation sites is 1. The quantitative estimate of drug-likeness (QED) is 0.820. The Balaban J connectivity index is 1.92. The fourth-order valence-electron chi connectivity index (χ4n) is 1.97. The first kappa shape index (κ1) is 17.1. The van der Waals surface area contributed by atoms with Crippen molar-refractivity contribution in [2.24, 2.45) is 0 Å². The van der Waals surface area contributed by atoms with E-state index in [1.165, 1.54) is 0 Å². The Morgan fingerprint density at radius 1 is 1.30 bits per heavy atom. The van der Waals surface area contributed by atoms with Gasteiger partial charge in [0.05, 0.1) is 10.7 Å². The summed E-state index contributed by atoms with van der Waals surface area (Å²) in [7, 11) is 0. The van der Waals surface area contributed by atoms with E-state index >= 15 is 0 Å². The highest BCUT2D eigenvalue weighted by Crippen LogP contribution is 2.27. The van der Waals surface area contributed by atoms with Crippen LogP contribution in [0.5, 0.6) is 0 Å². The number of nitrogens with zero attached hydrogens (tertiary/aromatic N) is 2. The lowest BCUT2D eigenvalue weighted by Crippen LogP contribution is -2.35. The first-order chi connectivity index (χ1) is 10.9. The third kappa shape index (κ3) is 5.17. The van der Waals surface area contributed by atoms with Gasteiger partial charge in [-0.3, -0.25) is 0 Å². The van der Waals surface area contributed by atoms with E-state index in [-0.39, 0.29) is 0 Å². The van der Waals surface area contributed by atoms with Crippen molar-refractivity contribution in [3.8, 4) is 5.69 Å². The molecule has 2 aromatic rings. The molecule has 1 amide bonds. The Labute approximate surface area is 140 Å². The number of rotatable bonds is 5. The number of ether oxygens (including phenoxy) is 1. The Hall–Kier alpha value is -2.21.